The predicted octanol–water partition coefficient (Wildman–Crippen LogP) is 4.49. The van der Waals surface area contributed by atoms with Gasteiger partial charge in [-0.05, 0) is 65.3 Å². The first-order valence-electron chi connectivity index (χ1n) is 9.07. The van der Waals surface area contributed by atoms with Crippen LogP contribution in [-0.4, -0.2) is 41.3 Å². The van der Waals surface area contributed by atoms with Gasteiger partial charge in [-0.2, -0.15) is 0 Å². The molecule has 0 aliphatic heterocycles. The molecule has 0 saturated heterocycles. The molecule has 11 heteroatoms. The Kier molecular flexibility index (Phi) is 9.39. The van der Waals surface area contributed by atoms with Crippen LogP contribution in [0.3, 0.4) is 0 Å². The Morgan fingerprint density at radius 1 is 1.12 bits per heavy atom. The molecule has 2 atom stereocenters. The van der Waals surface area contributed by atoms with Gasteiger partial charge in [0.2, 0.25) is 0 Å². The van der Waals surface area contributed by atoms with Crippen LogP contribution in [0.4, 0.5) is 10.5 Å². The second kappa shape index (κ2) is 11.8. The van der Waals surface area contributed by atoms with Crippen molar-refractivity contribution in [3.63, 3.8) is 0 Å². The van der Waals surface area contributed by atoms with E-state index in [9.17, 15) is 19.5 Å². The van der Waals surface area contributed by atoms with E-state index in [1.165, 1.54) is 31.7 Å². The number of hydrogen-bond acceptors (Lipinski definition) is 7. The Labute approximate surface area is 200 Å². The van der Waals surface area contributed by atoms with Crippen molar-refractivity contribution in [2.24, 2.45) is 0 Å². The number of benzene rings is 2. The number of anilines is 1. The van der Waals surface area contributed by atoms with E-state index in [1.807, 2.05) is 0 Å². The number of aromatic hydroxyl groups is 1. The van der Waals surface area contributed by atoms with Gasteiger partial charge < -0.3 is 14.6 Å². The van der Waals surface area contributed by atoms with E-state index in [-0.39, 0.29) is 17.1 Å². The number of rotatable bonds is 8. The molecule has 4 N–H and O–H groups in total. The smallest absolute Gasteiger partial charge is 0.412 e. The molecule has 0 aliphatic carbocycles. The molecule has 0 saturated carbocycles. The van der Waals surface area contributed by atoms with Crippen molar-refractivity contribution in [2.75, 3.05) is 12.4 Å². The fourth-order valence-electron chi connectivity index (χ4n) is 2.68. The molecule has 0 fully saturated rings. The van der Waals surface area contributed by atoms with Crippen molar-refractivity contribution in [3.8, 4) is 5.75 Å². The molecule has 0 unspecified atom stereocenters. The van der Waals surface area contributed by atoms with E-state index in [0.717, 1.165) is 6.08 Å². The third-order valence-corrected chi connectivity index (χ3v) is 5.32. The van der Waals surface area contributed by atoms with Crippen LogP contribution >= 0.6 is 31.9 Å². The van der Waals surface area contributed by atoms with Gasteiger partial charge in [0.05, 0.1) is 4.47 Å². The number of carbonyl (C=O) groups excluding carboxylic acids is 3. The highest BCUT2D eigenvalue weighted by atomic mass is 79.9. The molecule has 2 aromatic carbocycles. The maximum Gasteiger partial charge on any atom is 0.412 e. The number of ether oxygens (including phenoxy) is 2. The lowest BCUT2D eigenvalue weighted by molar-refractivity contribution is -0.124. The number of hydroxylamine groups is 1. The number of hydrogen-bond donors (Lipinski definition) is 4. The van der Waals surface area contributed by atoms with Crippen LogP contribution < -0.4 is 10.8 Å². The minimum atomic E-state index is -1.19. The second-order valence-corrected chi connectivity index (χ2v) is 8.22. The van der Waals surface area contributed by atoms with E-state index in [0.29, 0.717) is 20.2 Å². The minimum Gasteiger partial charge on any atom is -0.506 e. The number of phenolic OH excluding ortho intramolecular Hbond substituents is 1. The number of ketones is 1. The van der Waals surface area contributed by atoms with Gasteiger partial charge in [0, 0.05) is 34.5 Å². The molecule has 2 amide bonds. The molecular weight excluding hydrogens is 552 g/mol. The van der Waals surface area contributed by atoms with Gasteiger partial charge in [0.15, 0.2) is 11.9 Å². The Morgan fingerprint density at radius 3 is 2.34 bits per heavy atom. The van der Waals surface area contributed by atoms with E-state index in [2.05, 4.69) is 37.2 Å². The van der Waals surface area contributed by atoms with Gasteiger partial charge in [-0.3, -0.25) is 20.1 Å². The topological polar surface area (TPSA) is 134 Å². The van der Waals surface area contributed by atoms with Gasteiger partial charge >= 0.3 is 6.09 Å². The van der Waals surface area contributed by atoms with Gasteiger partial charge in [0.25, 0.3) is 5.91 Å². The average Bonchev–Trinajstić information content (AvgIpc) is 2.75. The number of Topliss-reactive ketones (excluding diaryl/α,β-unsaturated/α-hetero) is 1. The van der Waals surface area contributed by atoms with Gasteiger partial charge in [-0.25, -0.2) is 10.3 Å². The minimum absolute atomic E-state index is 0.114. The number of carbonyl (C=O) groups is 3. The third-order valence-electron chi connectivity index (χ3n) is 4.25. The van der Waals surface area contributed by atoms with Crippen LogP contribution in [0.5, 0.6) is 5.75 Å². The quantitative estimate of drug-likeness (QED) is 0.159. The van der Waals surface area contributed by atoms with E-state index < -0.39 is 24.2 Å². The molecule has 9 nitrogen and oxygen atoms in total. The molecule has 2 rings (SSSR count). The molecule has 0 bridgehead atoms. The van der Waals surface area contributed by atoms with Gasteiger partial charge in [0.1, 0.15) is 11.9 Å². The van der Waals surface area contributed by atoms with Crippen molar-refractivity contribution in [1.82, 2.24) is 5.48 Å². The summed E-state index contributed by atoms with van der Waals surface area (Å²) in [6.07, 6.45) is -0.812. The lowest BCUT2D eigenvalue weighted by atomic mass is 10.0. The second-order valence-electron chi connectivity index (χ2n) is 6.45. The number of amides is 2. The maximum absolute atomic E-state index is 12.6. The monoisotopic (exact) mass is 570 g/mol. The number of phenols is 1. The highest BCUT2D eigenvalue weighted by molar-refractivity contribution is 9.11. The predicted molar refractivity (Wildman–Crippen MR) is 123 cm³/mol. The Hall–Kier alpha value is -2.73. The van der Waals surface area contributed by atoms with Crippen molar-refractivity contribution in [2.45, 2.75) is 19.1 Å². The first kappa shape index (κ1) is 25.5. The summed E-state index contributed by atoms with van der Waals surface area (Å²) < 4.78 is 11.8. The summed E-state index contributed by atoms with van der Waals surface area (Å²) in [6.45, 7) is 1.43. The molecular formula is C21H20Br2N2O7. The highest BCUT2D eigenvalue weighted by Gasteiger charge is 2.29. The zero-order valence-corrected chi connectivity index (χ0v) is 20.1. The first-order valence-corrected chi connectivity index (χ1v) is 10.7. The Bertz CT molecular complexity index is 1030. The van der Waals surface area contributed by atoms with Crippen LogP contribution in [0.25, 0.3) is 0 Å². The Morgan fingerprint density at radius 2 is 1.78 bits per heavy atom. The average molecular weight is 572 g/mol. The summed E-state index contributed by atoms with van der Waals surface area (Å²) in [5.74, 6) is -1.13. The zero-order valence-electron chi connectivity index (χ0n) is 17.0. The molecule has 2 aromatic rings. The molecule has 170 valence electrons. The van der Waals surface area contributed by atoms with E-state index in [4.69, 9.17) is 14.7 Å². The summed E-state index contributed by atoms with van der Waals surface area (Å²) >= 11 is 6.55. The standard InChI is InChI=1S/C21H20Br2N2O7/c1-11(26)12-3-5-14(6-4-12)24-21(29)32-20(17(31-2)7-8-18(27)25-30)15-9-13(22)10-16(23)19(15)28/h3-10,17,20,28,30H,1-2H3,(H,24,29)(H,25,27)/b8-7+/t17-,20-/m0/s1. The SMILES string of the molecule is CO[C@@H](/C=C/C(=O)NO)[C@@H](OC(=O)Nc1ccc(C(C)=O)cc1)c1cc(Br)cc(Br)c1O. The van der Waals surface area contributed by atoms with Crippen LogP contribution in [-0.2, 0) is 14.3 Å². The number of halogens is 2. The van der Waals surface area contributed by atoms with Gasteiger partial charge in [-0.1, -0.05) is 15.9 Å². The summed E-state index contributed by atoms with van der Waals surface area (Å²) in [4.78, 5) is 35.4. The van der Waals surface area contributed by atoms with Crippen LogP contribution in [0.1, 0.15) is 28.9 Å². The highest BCUT2D eigenvalue weighted by Crippen LogP contribution is 2.39. The number of nitrogens with one attached hydrogen (secondary N) is 2. The summed E-state index contributed by atoms with van der Waals surface area (Å²) in [7, 11) is 1.32. The summed E-state index contributed by atoms with van der Waals surface area (Å²) in [5.41, 5.74) is 2.50. The number of methoxy groups -OCH3 is 1. The van der Waals surface area contributed by atoms with Crippen molar-refractivity contribution < 1.29 is 34.2 Å². The van der Waals surface area contributed by atoms with Crippen LogP contribution in [0.15, 0.2) is 57.5 Å². The fourth-order valence-corrected chi connectivity index (χ4v) is 3.94. The van der Waals surface area contributed by atoms with Gasteiger partial charge in [-0.15, -0.1) is 0 Å². The first-order chi connectivity index (χ1) is 15.2. The largest absolute Gasteiger partial charge is 0.506 e. The third kappa shape index (κ3) is 6.89. The Balaban J connectivity index is 2.35. The lowest BCUT2D eigenvalue weighted by Gasteiger charge is -2.25. The molecule has 32 heavy (non-hydrogen) atoms. The molecule has 0 aliphatic rings. The lowest BCUT2D eigenvalue weighted by Crippen LogP contribution is -2.27. The van der Waals surface area contributed by atoms with Crippen molar-refractivity contribution in [3.05, 3.63) is 68.6 Å². The van der Waals surface area contributed by atoms with Crippen LogP contribution in [0, 0.1) is 0 Å². The molecule has 0 radical (unpaired) electrons. The fraction of sp³-hybridized carbons (Fsp3) is 0.190. The maximum atomic E-state index is 12.6. The van der Waals surface area contributed by atoms with Crippen molar-refractivity contribution in [1.29, 1.82) is 0 Å². The molecule has 0 aromatic heterocycles. The summed E-state index contributed by atoms with van der Waals surface area (Å²) in [6, 6.07) is 9.33. The van der Waals surface area contributed by atoms with E-state index >= 15 is 0 Å². The molecule has 0 spiro atoms. The zero-order chi connectivity index (χ0) is 23.8. The van der Waals surface area contributed by atoms with E-state index in [1.54, 1.807) is 30.3 Å². The molecule has 0 heterocycles. The summed E-state index contributed by atoms with van der Waals surface area (Å²) in [5, 5.41) is 21.8. The normalized spacial score (nSPS) is 12.8. The van der Waals surface area contributed by atoms with Crippen LogP contribution in [0.2, 0.25) is 0 Å². The van der Waals surface area contributed by atoms with Crippen molar-refractivity contribution >= 4 is 55.3 Å².